The molecular formula is C15H25N3. The minimum absolute atomic E-state index is 0.114. The monoisotopic (exact) mass is 247 g/mol. The Balaban J connectivity index is 2.75. The lowest BCUT2D eigenvalue weighted by molar-refractivity contribution is 0.421. The number of aromatic nitrogens is 1. The lowest BCUT2D eigenvalue weighted by atomic mass is 10.1. The van der Waals surface area contributed by atoms with Crippen molar-refractivity contribution in [2.75, 3.05) is 18.0 Å². The Hall–Kier alpha value is -1.35. The first-order chi connectivity index (χ1) is 8.46. The van der Waals surface area contributed by atoms with Gasteiger partial charge in [0.25, 0.3) is 0 Å². The largest absolute Gasteiger partial charge is 0.368 e. The van der Waals surface area contributed by atoms with Crippen LogP contribution in [-0.4, -0.2) is 23.6 Å². The van der Waals surface area contributed by atoms with Crippen molar-refractivity contribution in [3.05, 3.63) is 36.7 Å². The fourth-order valence-corrected chi connectivity index (χ4v) is 1.69. The molecule has 3 heteroatoms. The molecule has 18 heavy (non-hydrogen) atoms. The molecule has 1 aromatic rings. The second-order valence-electron chi connectivity index (χ2n) is 5.44. The van der Waals surface area contributed by atoms with Gasteiger partial charge in [-0.15, -0.1) is 6.58 Å². The zero-order valence-corrected chi connectivity index (χ0v) is 12.0. The standard InChI is InChI=1S/C15H25N3/c1-6-10-18(7-2)14-8-9-16-13(11-14)12-17-15(3,4)5/h6,8-9,11,17H,1,7,10,12H2,2-5H3. The zero-order valence-electron chi connectivity index (χ0n) is 12.0. The zero-order chi connectivity index (χ0) is 13.6. The molecule has 1 aromatic heterocycles. The Morgan fingerprint density at radius 1 is 1.44 bits per heavy atom. The molecule has 1 N–H and O–H groups in total. The van der Waals surface area contributed by atoms with Gasteiger partial charge in [0, 0.05) is 37.1 Å². The SMILES string of the molecule is C=CCN(CC)c1ccnc(CNC(C)(C)C)c1. The van der Waals surface area contributed by atoms with E-state index in [2.05, 4.69) is 55.5 Å². The highest BCUT2D eigenvalue weighted by Crippen LogP contribution is 2.14. The van der Waals surface area contributed by atoms with Gasteiger partial charge in [0.2, 0.25) is 0 Å². The highest BCUT2D eigenvalue weighted by molar-refractivity contribution is 5.47. The number of rotatable bonds is 6. The first-order valence-corrected chi connectivity index (χ1v) is 6.52. The average Bonchev–Trinajstić information content (AvgIpc) is 2.33. The molecule has 0 saturated carbocycles. The molecule has 1 heterocycles. The van der Waals surface area contributed by atoms with Crippen molar-refractivity contribution in [1.82, 2.24) is 10.3 Å². The number of hydrogen-bond donors (Lipinski definition) is 1. The van der Waals surface area contributed by atoms with Crippen molar-refractivity contribution in [3.8, 4) is 0 Å². The minimum atomic E-state index is 0.114. The van der Waals surface area contributed by atoms with Crippen molar-refractivity contribution < 1.29 is 0 Å². The summed E-state index contributed by atoms with van der Waals surface area (Å²) >= 11 is 0. The van der Waals surface area contributed by atoms with E-state index >= 15 is 0 Å². The molecule has 0 amide bonds. The van der Waals surface area contributed by atoms with Gasteiger partial charge in [-0.2, -0.15) is 0 Å². The van der Waals surface area contributed by atoms with E-state index in [1.54, 1.807) is 0 Å². The molecule has 0 radical (unpaired) electrons. The van der Waals surface area contributed by atoms with Crippen LogP contribution in [0.4, 0.5) is 5.69 Å². The van der Waals surface area contributed by atoms with Crippen LogP contribution in [0, 0.1) is 0 Å². The van der Waals surface area contributed by atoms with Crippen LogP contribution in [0.3, 0.4) is 0 Å². The average molecular weight is 247 g/mol. The van der Waals surface area contributed by atoms with Crippen molar-refractivity contribution in [1.29, 1.82) is 0 Å². The van der Waals surface area contributed by atoms with E-state index in [1.165, 1.54) is 5.69 Å². The molecule has 0 bridgehead atoms. The van der Waals surface area contributed by atoms with Crippen LogP contribution < -0.4 is 10.2 Å². The summed E-state index contributed by atoms with van der Waals surface area (Å²) in [6.45, 7) is 15.1. The number of hydrogen-bond acceptors (Lipinski definition) is 3. The van der Waals surface area contributed by atoms with E-state index < -0.39 is 0 Å². The van der Waals surface area contributed by atoms with Crippen LogP contribution >= 0.6 is 0 Å². The van der Waals surface area contributed by atoms with Crippen molar-refractivity contribution in [3.63, 3.8) is 0 Å². The van der Waals surface area contributed by atoms with Gasteiger partial charge in [-0.3, -0.25) is 4.98 Å². The fourth-order valence-electron chi connectivity index (χ4n) is 1.69. The third-order valence-corrected chi connectivity index (χ3v) is 2.70. The van der Waals surface area contributed by atoms with E-state index in [0.717, 1.165) is 25.3 Å². The summed E-state index contributed by atoms with van der Waals surface area (Å²) in [6, 6.07) is 4.19. The number of nitrogens with zero attached hydrogens (tertiary/aromatic N) is 2. The number of anilines is 1. The van der Waals surface area contributed by atoms with Crippen LogP contribution in [0.15, 0.2) is 31.0 Å². The Morgan fingerprint density at radius 3 is 2.72 bits per heavy atom. The summed E-state index contributed by atoms with van der Waals surface area (Å²) < 4.78 is 0. The maximum absolute atomic E-state index is 4.40. The molecule has 3 nitrogen and oxygen atoms in total. The van der Waals surface area contributed by atoms with Gasteiger partial charge in [-0.25, -0.2) is 0 Å². The van der Waals surface area contributed by atoms with Gasteiger partial charge in [0.05, 0.1) is 5.69 Å². The van der Waals surface area contributed by atoms with Gasteiger partial charge < -0.3 is 10.2 Å². The van der Waals surface area contributed by atoms with Crippen molar-refractivity contribution in [2.45, 2.75) is 39.8 Å². The summed E-state index contributed by atoms with van der Waals surface area (Å²) in [6.07, 6.45) is 3.80. The van der Waals surface area contributed by atoms with Crippen molar-refractivity contribution in [2.24, 2.45) is 0 Å². The van der Waals surface area contributed by atoms with E-state index in [-0.39, 0.29) is 5.54 Å². The summed E-state index contributed by atoms with van der Waals surface area (Å²) in [7, 11) is 0. The predicted molar refractivity (Wildman–Crippen MR) is 78.9 cm³/mol. The molecule has 0 aliphatic rings. The van der Waals surface area contributed by atoms with Crippen LogP contribution in [0.25, 0.3) is 0 Å². The first kappa shape index (κ1) is 14.7. The molecule has 0 atom stereocenters. The Kier molecular flexibility index (Phi) is 5.35. The topological polar surface area (TPSA) is 28.2 Å². The molecule has 0 unspecified atom stereocenters. The maximum Gasteiger partial charge on any atom is 0.0562 e. The Labute approximate surface area is 111 Å². The summed E-state index contributed by atoms with van der Waals surface area (Å²) in [5.74, 6) is 0. The lowest BCUT2D eigenvalue weighted by Gasteiger charge is -2.23. The quantitative estimate of drug-likeness (QED) is 0.783. The number of likely N-dealkylation sites (N-methyl/N-ethyl adjacent to an activating group) is 1. The minimum Gasteiger partial charge on any atom is -0.368 e. The van der Waals surface area contributed by atoms with Gasteiger partial charge in [0.1, 0.15) is 0 Å². The normalized spacial score (nSPS) is 11.3. The van der Waals surface area contributed by atoms with Crippen LogP contribution in [0.5, 0.6) is 0 Å². The van der Waals surface area contributed by atoms with Crippen molar-refractivity contribution >= 4 is 5.69 Å². The van der Waals surface area contributed by atoms with Crippen LogP contribution in [0.1, 0.15) is 33.4 Å². The third-order valence-electron chi connectivity index (χ3n) is 2.70. The summed E-state index contributed by atoms with van der Waals surface area (Å²) in [5.41, 5.74) is 2.39. The summed E-state index contributed by atoms with van der Waals surface area (Å²) in [4.78, 5) is 6.68. The number of pyridine rings is 1. The van der Waals surface area contributed by atoms with E-state index in [9.17, 15) is 0 Å². The molecule has 0 aromatic carbocycles. The molecule has 0 fully saturated rings. The second-order valence-corrected chi connectivity index (χ2v) is 5.44. The molecule has 0 saturated heterocycles. The van der Waals surface area contributed by atoms with Crippen LogP contribution in [-0.2, 0) is 6.54 Å². The fraction of sp³-hybridized carbons (Fsp3) is 0.533. The Bertz CT molecular complexity index is 380. The molecule has 1 rings (SSSR count). The molecule has 0 aliphatic carbocycles. The highest BCUT2D eigenvalue weighted by atomic mass is 15.1. The van der Waals surface area contributed by atoms with Gasteiger partial charge in [-0.1, -0.05) is 6.08 Å². The number of nitrogens with one attached hydrogen (secondary N) is 1. The van der Waals surface area contributed by atoms with Gasteiger partial charge >= 0.3 is 0 Å². The Morgan fingerprint density at radius 2 is 2.17 bits per heavy atom. The second kappa shape index (κ2) is 6.55. The molecule has 0 spiro atoms. The predicted octanol–water partition coefficient (Wildman–Crippen LogP) is 2.98. The summed E-state index contributed by atoms with van der Waals surface area (Å²) in [5, 5.41) is 3.45. The molecule has 0 aliphatic heterocycles. The first-order valence-electron chi connectivity index (χ1n) is 6.52. The van der Waals surface area contributed by atoms with Gasteiger partial charge in [0.15, 0.2) is 0 Å². The van der Waals surface area contributed by atoms with E-state index in [0.29, 0.717) is 0 Å². The molecule has 100 valence electrons. The third kappa shape index (κ3) is 4.88. The smallest absolute Gasteiger partial charge is 0.0562 e. The highest BCUT2D eigenvalue weighted by Gasteiger charge is 2.10. The van der Waals surface area contributed by atoms with E-state index in [1.807, 2.05) is 18.3 Å². The lowest BCUT2D eigenvalue weighted by Crippen LogP contribution is -2.35. The van der Waals surface area contributed by atoms with Gasteiger partial charge in [-0.05, 0) is 39.8 Å². The van der Waals surface area contributed by atoms with Crippen LogP contribution in [0.2, 0.25) is 0 Å². The van der Waals surface area contributed by atoms with E-state index in [4.69, 9.17) is 0 Å². The molecular weight excluding hydrogens is 222 g/mol. The maximum atomic E-state index is 4.40.